The van der Waals surface area contributed by atoms with Crippen molar-refractivity contribution in [2.45, 2.75) is 32.1 Å². The van der Waals surface area contributed by atoms with E-state index in [1.165, 1.54) is 12.0 Å². The highest BCUT2D eigenvalue weighted by atomic mass is 35.5. The Balaban J connectivity index is 1.89. The monoisotopic (exact) mass is 251 g/mol. The van der Waals surface area contributed by atoms with E-state index in [0.29, 0.717) is 24.2 Å². The molecule has 0 bridgehead atoms. The maximum absolute atomic E-state index is 10.7. The smallest absolute Gasteiger partial charge is 0.217 e. The molecule has 1 amide bonds. The summed E-state index contributed by atoms with van der Waals surface area (Å²) in [4.78, 5) is 10.7. The quantitative estimate of drug-likeness (QED) is 0.857. The van der Waals surface area contributed by atoms with Gasteiger partial charge in [0.1, 0.15) is 0 Å². The van der Waals surface area contributed by atoms with Crippen LogP contribution in [0, 0.1) is 11.8 Å². The normalized spacial score (nSPS) is 24.4. The largest absolute Gasteiger partial charge is 0.370 e. The van der Waals surface area contributed by atoms with Crippen molar-refractivity contribution in [1.82, 2.24) is 0 Å². The van der Waals surface area contributed by atoms with Gasteiger partial charge in [-0.1, -0.05) is 30.7 Å². The number of nitrogens with two attached hydrogens (primary N) is 1. The van der Waals surface area contributed by atoms with Crippen LogP contribution >= 0.6 is 11.6 Å². The molecule has 0 heterocycles. The molecule has 2 rings (SSSR count). The van der Waals surface area contributed by atoms with Crippen LogP contribution in [0.5, 0.6) is 0 Å². The van der Waals surface area contributed by atoms with Gasteiger partial charge in [0.2, 0.25) is 5.91 Å². The summed E-state index contributed by atoms with van der Waals surface area (Å²) in [5, 5.41) is 0.804. The van der Waals surface area contributed by atoms with Gasteiger partial charge in [0.15, 0.2) is 0 Å². The minimum absolute atomic E-state index is 0.197. The first-order chi connectivity index (χ1) is 8.08. The van der Waals surface area contributed by atoms with E-state index in [-0.39, 0.29) is 5.91 Å². The lowest BCUT2D eigenvalue weighted by Gasteiger charge is -2.09. The summed E-state index contributed by atoms with van der Waals surface area (Å²) in [6, 6.07) is 8.09. The zero-order chi connectivity index (χ0) is 12.4. The van der Waals surface area contributed by atoms with E-state index < -0.39 is 0 Å². The van der Waals surface area contributed by atoms with Gasteiger partial charge in [-0.3, -0.25) is 4.79 Å². The van der Waals surface area contributed by atoms with Crippen molar-refractivity contribution in [3.8, 4) is 0 Å². The van der Waals surface area contributed by atoms with Crippen molar-refractivity contribution in [3.05, 3.63) is 34.9 Å². The molecule has 92 valence electrons. The van der Waals surface area contributed by atoms with E-state index in [9.17, 15) is 4.79 Å². The highest BCUT2D eigenvalue weighted by molar-refractivity contribution is 6.30. The fourth-order valence-electron chi connectivity index (χ4n) is 2.55. The minimum atomic E-state index is -0.197. The standard InChI is InChI=1S/C14H18ClNO/c1-9(5-6-14(16)17)12-8-13(12)10-3-2-4-11(15)7-10/h2-4,7,9,12-13H,5-6,8H2,1H3,(H2,16,17). The van der Waals surface area contributed by atoms with Crippen molar-refractivity contribution >= 4 is 17.5 Å². The molecular weight excluding hydrogens is 234 g/mol. The van der Waals surface area contributed by atoms with E-state index in [1.807, 2.05) is 18.2 Å². The topological polar surface area (TPSA) is 43.1 Å². The second kappa shape index (κ2) is 5.09. The van der Waals surface area contributed by atoms with Gasteiger partial charge in [0.25, 0.3) is 0 Å². The molecule has 17 heavy (non-hydrogen) atoms. The summed E-state index contributed by atoms with van der Waals surface area (Å²) in [7, 11) is 0. The first-order valence-electron chi connectivity index (χ1n) is 6.11. The lowest BCUT2D eigenvalue weighted by atomic mass is 9.96. The molecule has 2 N–H and O–H groups in total. The first kappa shape index (κ1) is 12.4. The molecule has 3 atom stereocenters. The number of carbonyl (C=O) groups is 1. The SMILES string of the molecule is CC(CCC(N)=O)C1CC1c1cccc(Cl)c1. The highest BCUT2D eigenvalue weighted by Crippen LogP contribution is 2.53. The fourth-order valence-corrected chi connectivity index (χ4v) is 2.75. The molecule has 1 aliphatic rings. The molecule has 1 fully saturated rings. The Bertz CT molecular complexity index is 418. The van der Waals surface area contributed by atoms with Crippen molar-refractivity contribution in [3.63, 3.8) is 0 Å². The molecule has 3 unspecified atom stereocenters. The molecule has 0 aliphatic heterocycles. The van der Waals surface area contributed by atoms with Gasteiger partial charge in [-0.15, -0.1) is 0 Å². The Morgan fingerprint density at radius 2 is 2.35 bits per heavy atom. The van der Waals surface area contributed by atoms with Gasteiger partial charge in [-0.2, -0.15) is 0 Å². The molecular formula is C14H18ClNO. The molecule has 1 aromatic rings. The van der Waals surface area contributed by atoms with Crippen molar-refractivity contribution in [2.24, 2.45) is 17.6 Å². The van der Waals surface area contributed by atoms with Crippen molar-refractivity contribution in [1.29, 1.82) is 0 Å². The van der Waals surface area contributed by atoms with E-state index in [1.54, 1.807) is 0 Å². The van der Waals surface area contributed by atoms with Gasteiger partial charge >= 0.3 is 0 Å². The molecule has 2 nitrogen and oxygen atoms in total. The number of halogens is 1. The third-order valence-corrected chi connectivity index (χ3v) is 3.93. The molecule has 1 aromatic carbocycles. The van der Waals surface area contributed by atoms with Crippen molar-refractivity contribution < 1.29 is 4.79 Å². The van der Waals surface area contributed by atoms with E-state index in [2.05, 4.69) is 13.0 Å². The molecule has 3 heteroatoms. The van der Waals surface area contributed by atoms with Crippen LogP contribution in [-0.2, 0) is 4.79 Å². The fraction of sp³-hybridized carbons (Fsp3) is 0.500. The molecule has 0 aromatic heterocycles. The summed E-state index contributed by atoms with van der Waals surface area (Å²) < 4.78 is 0. The van der Waals surface area contributed by atoms with Gasteiger partial charge in [-0.25, -0.2) is 0 Å². The Kier molecular flexibility index (Phi) is 3.72. The van der Waals surface area contributed by atoms with Crippen LogP contribution < -0.4 is 5.73 Å². The maximum atomic E-state index is 10.7. The molecule has 1 aliphatic carbocycles. The van der Waals surface area contributed by atoms with Crippen molar-refractivity contribution in [2.75, 3.05) is 0 Å². The maximum Gasteiger partial charge on any atom is 0.217 e. The van der Waals surface area contributed by atoms with Crippen LogP contribution in [0.1, 0.15) is 37.7 Å². The molecule has 1 saturated carbocycles. The molecule has 0 radical (unpaired) electrons. The lowest BCUT2D eigenvalue weighted by Crippen LogP contribution is -2.12. The second-order valence-electron chi connectivity index (χ2n) is 5.04. The van der Waals surface area contributed by atoms with Gasteiger partial charge < -0.3 is 5.73 Å². The summed E-state index contributed by atoms with van der Waals surface area (Å²) >= 11 is 5.99. The van der Waals surface area contributed by atoms with Gasteiger partial charge in [0.05, 0.1) is 0 Å². The summed E-state index contributed by atoms with van der Waals surface area (Å²) in [6.07, 6.45) is 2.61. The lowest BCUT2D eigenvalue weighted by molar-refractivity contribution is -0.118. The zero-order valence-corrected chi connectivity index (χ0v) is 10.8. The summed E-state index contributed by atoms with van der Waals surface area (Å²) in [5.74, 6) is 1.67. The third kappa shape index (κ3) is 3.22. The second-order valence-corrected chi connectivity index (χ2v) is 5.48. The van der Waals surface area contributed by atoms with E-state index in [4.69, 9.17) is 17.3 Å². The number of hydrogen-bond acceptors (Lipinski definition) is 1. The van der Waals surface area contributed by atoms with Crippen LogP contribution in [0.4, 0.5) is 0 Å². The Labute approximate surface area is 107 Å². The van der Waals surface area contributed by atoms with Crippen LogP contribution in [0.3, 0.4) is 0 Å². The number of amides is 1. The number of hydrogen-bond donors (Lipinski definition) is 1. The predicted octanol–water partition coefficient (Wildman–Crippen LogP) is 3.35. The number of benzene rings is 1. The highest BCUT2D eigenvalue weighted by Gasteiger charge is 2.41. The van der Waals surface area contributed by atoms with Crippen LogP contribution in [-0.4, -0.2) is 5.91 Å². The average molecular weight is 252 g/mol. The van der Waals surface area contributed by atoms with Crippen LogP contribution in [0.2, 0.25) is 5.02 Å². The van der Waals surface area contributed by atoms with Gasteiger partial charge in [0, 0.05) is 11.4 Å². The molecule has 0 saturated heterocycles. The van der Waals surface area contributed by atoms with Crippen LogP contribution in [0.15, 0.2) is 24.3 Å². The number of carbonyl (C=O) groups excluding carboxylic acids is 1. The predicted molar refractivity (Wildman–Crippen MR) is 69.9 cm³/mol. The Hall–Kier alpha value is -1.02. The van der Waals surface area contributed by atoms with E-state index in [0.717, 1.165) is 11.4 Å². The average Bonchev–Trinajstić information content (AvgIpc) is 3.05. The zero-order valence-electron chi connectivity index (χ0n) is 10.0. The molecule has 0 spiro atoms. The minimum Gasteiger partial charge on any atom is -0.370 e. The number of primary amides is 1. The Morgan fingerprint density at radius 3 is 3.00 bits per heavy atom. The Morgan fingerprint density at radius 1 is 1.59 bits per heavy atom. The van der Waals surface area contributed by atoms with Crippen LogP contribution in [0.25, 0.3) is 0 Å². The first-order valence-corrected chi connectivity index (χ1v) is 6.49. The summed E-state index contributed by atoms with van der Waals surface area (Å²) in [6.45, 7) is 2.21. The summed E-state index contributed by atoms with van der Waals surface area (Å²) in [5.41, 5.74) is 6.50. The number of rotatable bonds is 5. The third-order valence-electron chi connectivity index (χ3n) is 3.69. The van der Waals surface area contributed by atoms with Gasteiger partial charge in [-0.05, 0) is 48.3 Å². The van der Waals surface area contributed by atoms with E-state index >= 15 is 0 Å².